The van der Waals surface area contributed by atoms with Crippen LogP contribution in [0.2, 0.25) is 0 Å². The summed E-state index contributed by atoms with van der Waals surface area (Å²) >= 11 is 0. The Hall–Kier alpha value is -1.06. The number of benzene rings is 1. The number of carbonyl (C=O) groups excluding carboxylic acids is 1. The zero-order valence-electron chi connectivity index (χ0n) is 11.5. The van der Waals surface area contributed by atoms with Crippen LogP contribution in [0.5, 0.6) is 0 Å². The summed E-state index contributed by atoms with van der Waals surface area (Å²) in [6.07, 6.45) is 0.462. The van der Waals surface area contributed by atoms with Gasteiger partial charge in [-0.15, -0.1) is 12.4 Å². The average molecular weight is 271 g/mol. The molecule has 1 rings (SSSR count). The number of hydrogen-bond acceptors (Lipinski definition) is 2. The van der Waals surface area contributed by atoms with Crippen molar-refractivity contribution in [3.05, 3.63) is 34.9 Å². The Morgan fingerprint density at radius 3 is 2.61 bits per heavy atom. The van der Waals surface area contributed by atoms with Gasteiger partial charge < -0.3 is 10.6 Å². The zero-order valence-corrected chi connectivity index (χ0v) is 12.4. The molecule has 0 aliphatic heterocycles. The Balaban J connectivity index is 0.00000289. The molecule has 1 amide bonds. The average Bonchev–Trinajstić information content (AvgIpc) is 2.30. The summed E-state index contributed by atoms with van der Waals surface area (Å²) in [6, 6.07) is 6.52. The molecule has 18 heavy (non-hydrogen) atoms. The van der Waals surface area contributed by atoms with Crippen molar-refractivity contribution in [3.63, 3.8) is 0 Å². The van der Waals surface area contributed by atoms with Gasteiger partial charge in [0, 0.05) is 12.6 Å². The van der Waals surface area contributed by atoms with E-state index in [0.717, 1.165) is 5.56 Å². The first-order chi connectivity index (χ1) is 8.02. The number of carbonyl (C=O) groups is 1. The summed E-state index contributed by atoms with van der Waals surface area (Å²) in [6.45, 7) is 6.79. The third-order valence-corrected chi connectivity index (χ3v) is 2.95. The van der Waals surface area contributed by atoms with Crippen LogP contribution in [0.25, 0.3) is 0 Å². The highest BCUT2D eigenvalue weighted by atomic mass is 35.5. The van der Waals surface area contributed by atoms with Crippen LogP contribution in [0, 0.1) is 13.8 Å². The van der Waals surface area contributed by atoms with Crippen molar-refractivity contribution in [2.75, 3.05) is 13.6 Å². The second-order valence-corrected chi connectivity index (χ2v) is 4.60. The van der Waals surface area contributed by atoms with E-state index >= 15 is 0 Å². The summed E-state index contributed by atoms with van der Waals surface area (Å²) < 4.78 is 0. The lowest BCUT2D eigenvalue weighted by Crippen LogP contribution is -2.37. The molecule has 0 fully saturated rings. The largest absolute Gasteiger partial charge is 0.354 e. The summed E-state index contributed by atoms with van der Waals surface area (Å²) in [5, 5.41) is 6.02. The molecule has 0 saturated carbocycles. The van der Waals surface area contributed by atoms with Crippen LogP contribution in [0.3, 0.4) is 0 Å². The van der Waals surface area contributed by atoms with E-state index in [0.29, 0.717) is 19.0 Å². The van der Waals surface area contributed by atoms with E-state index in [1.807, 2.05) is 27.8 Å². The molecular formula is C14H23ClN2O. The molecule has 102 valence electrons. The third kappa shape index (κ3) is 5.52. The Kier molecular flexibility index (Phi) is 7.64. The van der Waals surface area contributed by atoms with Crippen molar-refractivity contribution in [1.29, 1.82) is 0 Å². The lowest BCUT2D eigenvalue weighted by molar-refractivity contribution is -0.120. The molecule has 0 radical (unpaired) electrons. The molecule has 2 N–H and O–H groups in total. The predicted molar refractivity (Wildman–Crippen MR) is 78.4 cm³/mol. The van der Waals surface area contributed by atoms with Crippen LogP contribution in [0.1, 0.15) is 23.6 Å². The lowest BCUT2D eigenvalue weighted by Gasteiger charge is -2.12. The van der Waals surface area contributed by atoms with Crippen molar-refractivity contribution < 1.29 is 4.79 Å². The lowest BCUT2D eigenvalue weighted by atomic mass is 10.0. The van der Waals surface area contributed by atoms with Crippen LogP contribution < -0.4 is 10.6 Å². The number of likely N-dealkylation sites (N-methyl/N-ethyl adjacent to an activating group) is 1. The minimum atomic E-state index is 0. The molecule has 4 heteroatoms. The SMILES string of the molecule is CNC(C)CNC(=O)Cc1cc(C)ccc1C.Cl. The van der Waals surface area contributed by atoms with Gasteiger partial charge in [0.05, 0.1) is 6.42 Å². The van der Waals surface area contributed by atoms with Gasteiger partial charge in [0.1, 0.15) is 0 Å². The minimum absolute atomic E-state index is 0. The summed E-state index contributed by atoms with van der Waals surface area (Å²) in [5.41, 5.74) is 3.48. The molecule has 0 bridgehead atoms. The van der Waals surface area contributed by atoms with Gasteiger partial charge in [-0.1, -0.05) is 23.8 Å². The second kappa shape index (κ2) is 8.11. The van der Waals surface area contributed by atoms with Gasteiger partial charge in [0.25, 0.3) is 0 Å². The molecule has 3 nitrogen and oxygen atoms in total. The Morgan fingerprint density at radius 1 is 1.33 bits per heavy atom. The van der Waals surface area contributed by atoms with E-state index in [1.165, 1.54) is 11.1 Å². The van der Waals surface area contributed by atoms with Gasteiger partial charge in [-0.25, -0.2) is 0 Å². The maximum Gasteiger partial charge on any atom is 0.224 e. The van der Waals surface area contributed by atoms with Gasteiger partial charge in [-0.2, -0.15) is 0 Å². The molecule has 0 saturated heterocycles. The van der Waals surface area contributed by atoms with Crippen molar-refractivity contribution in [2.24, 2.45) is 0 Å². The fourth-order valence-electron chi connectivity index (χ4n) is 1.60. The first-order valence-electron chi connectivity index (χ1n) is 6.03. The predicted octanol–water partition coefficient (Wildman–Crippen LogP) is 1.99. The van der Waals surface area contributed by atoms with Gasteiger partial charge in [0.2, 0.25) is 5.91 Å². The van der Waals surface area contributed by atoms with Gasteiger partial charge >= 0.3 is 0 Å². The molecular weight excluding hydrogens is 248 g/mol. The number of amides is 1. The topological polar surface area (TPSA) is 41.1 Å². The van der Waals surface area contributed by atoms with E-state index in [1.54, 1.807) is 0 Å². The van der Waals surface area contributed by atoms with E-state index in [-0.39, 0.29) is 18.3 Å². The Bertz CT molecular complexity index is 393. The van der Waals surface area contributed by atoms with Crippen LogP contribution in [-0.4, -0.2) is 25.5 Å². The second-order valence-electron chi connectivity index (χ2n) is 4.60. The number of aryl methyl sites for hydroxylation is 2. The fraction of sp³-hybridized carbons (Fsp3) is 0.500. The molecule has 0 spiro atoms. The van der Waals surface area contributed by atoms with E-state index in [9.17, 15) is 4.79 Å². The number of nitrogens with one attached hydrogen (secondary N) is 2. The van der Waals surface area contributed by atoms with Crippen LogP contribution in [0.15, 0.2) is 18.2 Å². The van der Waals surface area contributed by atoms with Gasteiger partial charge in [-0.05, 0) is 38.9 Å². The van der Waals surface area contributed by atoms with Crippen LogP contribution >= 0.6 is 12.4 Å². The Morgan fingerprint density at radius 2 is 2.00 bits per heavy atom. The standard InChI is InChI=1S/C14H22N2O.ClH/c1-10-5-6-11(2)13(7-10)8-14(17)16-9-12(3)15-4;/h5-7,12,15H,8-9H2,1-4H3,(H,16,17);1H. The van der Waals surface area contributed by atoms with Crippen molar-refractivity contribution in [3.8, 4) is 0 Å². The molecule has 0 aromatic heterocycles. The monoisotopic (exact) mass is 270 g/mol. The summed E-state index contributed by atoms with van der Waals surface area (Å²) in [7, 11) is 1.89. The molecule has 0 aliphatic rings. The number of rotatable bonds is 5. The van der Waals surface area contributed by atoms with Crippen LogP contribution in [0.4, 0.5) is 0 Å². The first kappa shape index (κ1) is 16.9. The van der Waals surface area contributed by atoms with Crippen LogP contribution in [-0.2, 0) is 11.2 Å². The quantitative estimate of drug-likeness (QED) is 0.859. The van der Waals surface area contributed by atoms with Crippen molar-refractivity contribution >= 4 is 18.3 Å². The maximum absolute atomic E-state index is 11.8. The highest BCUT2D eigenvalue weighted by Crippen LogP contribution is 2.11. The maximum atomic E-state index is 11.8. The highest BCUT2D eigenvalue weighted by molar-refractivity contribution is 5.85. The van der Waals surface area contributed by atoms with Gasteiger partial charge in [-0.3, -0.25) is 4.79 Å². The summed E-state index contributed by atoms with van der Waals surface area (Å²) in [5.74, 6) is 0.0841. The molecule has 1 aromatic rings. The fourth-order valence-corrected chi connectivity index (χ4v) is 1.60. The van der Waals surface area contributed by atoms with E-state index in [4.69, 9.17) is 0 Å². The van der Waals surface area contributed by atoms with Crippen molar-refractivity contribution in [2.45, 2.75) is 33.2 Å². The summed E-state index contributed by atoms with van der Waals surface area (Å²) in [4.78, 5) is 11.8. The molecule has 1 aromatic carbocycles. The van der Waals surface area contributed by atoms with Crippen molar-refractivity contribution in [1.82, 2.24) is 10.6 Å². The zero-order chi connectivity index (χ0) is 12.8. The highest BCUT2D eigenvalue weighted by Gasteiger charge is 2.07. The minimum Gasteiger partial charge on any atom is -0.354 e. The van der Waals surface area contributed by atoms with Gasteiger partial charge in [0.15, 0.2) is 0 Å². The van der Waals surface area contributed by atoms with E-state index in [2.05, 4.69) is 28.8 Å². The Labute approximate surface area is 116 Å². The molecule has 0 aliphatic carbocycles. The number of halogens is 1. The third-order valence-electron chi connectivity index (χ3n) is 2.95. The number of hydrogen-bond donors (Lipinski definition) is 2. The first-order valence-corrected chi connectivity index (χ1v) is 6.03. The molecule has 1 unspecified atom stereocenters. The molecule has 1 atom stereocenters. The molecule has 0 heterocycles. The smallest absolute Gasteiger partial charge is 0.224 e. The normalized spacial score (nSPS) is 11.6. The van der Waals surface area contributed by atoms with E-state index < -0.39 is 0 Å².